The number of benzene rings is 1. The fourth-order valence-corrected chi connectivity index (χ4v) is 2.67. The summed E-state index contributed by atoms with van der Waals surface area (Å²) in [6, 6.07) is 3.17. The lowest BCUT2D eigenvalue weighted by molar-refractivity contribution is -0.131. The van der Waals surface area contributed by atoms with Crippen LogP contribution in [0.1, 0.15) is 43.0 Å². The van der Waals surface area contributed by atoms with Crippen LogP contribution < -0.4 is 0 Å². The largest absolute Gasteiger partial charge is 0.341 e. The SMILES string of the molecule is CCCCC(=O)N1CCCN(C(=O)c2ccc(F)c(F)c2)CC1. The molecule has 1 aliphatic rings. The van der Waals surface area contributed by atoms with Crippen molar-refractivity contribution in [1.29, 1.82) is 0 Å². The first-order chi connectivity index (χ1) is 11.0. The molecule has 0 radical (unpaired) electrons. The van der Waals surface area contributed by atoms with Gasteiger partial charge in [-0.1, -0.05) is 13.3 Å². The van der Waals surface area contributed by atoms with Crippen LogP contribution in [0.2, 0.25) is 0 Å². The molecule has 1 fully saturated rings. The molecule has 4 nitrogen and oxygen atoms in total. The molecule has 1 aliphatic heterocycles. The molecule has 0 spiro atoms. The lowest BCUT2D eigenvalue weighted by atomic mass is 10.2. The van der Waals surface area contributed by atoms with Gasteiger partial charge in [0, 0.05) is 38.2 Å². The molecule has 0 atom stereocenters. The van der Waals surface area contributed by atoms with Crippen molar-refractivity contribution in [2.24, 2.45) is 0 Å². The second kappa shape index (κ2) is 8.04. The summed E-state index contributed by atoms with van der Waals surface area (Å²) in [5.74, 6) is -2.20. The fourth-order valence-electron chi connectivity index (χ4n) is 2.67. The molecule has 1 heterocycles. The van der Waals surface area contributed by atoms with Crippen molar-refractivity contribution in [2.45, 2.75) is 32.6 Å². The molecule has 1 aromatic carbocycles. The van der Waals surface area contributed by atoms with Crippen molar-refractivity contribution in [1.82, 2.24) is 9.80 Å². The van der Waals surface area contributed by atoms with Crippen LogP contribution in [0.4, 0.5) is 8.78 Å². The van der Waals surface area contributed by atoms with Gasteiger partial charge in [0.2, 0.25) is 5.91 Å². The van der Waals surface area contributed by atoms with Gasteiger partial charge in [-0.2, -0.15) is 0 Å². The van der Waals surface area contributed by atoms with Crippen LogP contribution in [-0.4, -0.2) is 47.8 Å². The van der Waals surface area contributed by atoms with Crippen LogP contribution in [0.25, 0.3) is 0 Å². The highest BCUT2D eigenvalue weighted by Crippen LogP contribution is 2.14. The van der Waals surface area contributed by atoms with Crippen LogP contribution in [0.3, 0.4) is 0 Å². The Morgan fingerprint density at radius 1 is 1.04 bits per heavy atom. The number of hydrogen-bond donors (Lipinski definition) is 0. The van der Waals surface area contributed by atoms with E-state index in [4.69, 9.17) is 0 Å². The minimum atomic E-state index is -1.03. The molecule has 0 saturated carbocycles. The molecule has 0 aromatic heterocycles. The van der Waals surface area contributed by atoms with Gasteiger partial charge in [-0.3, -0.25) is 9.59 Å². The maximum atomic E-state index is 13.3. The number of carbonyl (C=O) groups excluding carboxylic acids is 2. The first kappa shape index (κ1) is 17.4. The Hall–Kier alpha value is -1.98. The number of rotatable bonds is 4. The van der Waals surface area contributed by atoms with Crippen LogP contribution in [-0.2, 0) is 4.79 Å². The van der Waals surface area contributed by atoms with Crippen molar-refractivity contribution in [2.75, 3.05) is 26.2 Å². The fraction of sp³-hybridized carbons (Fsp3) is 0.529. The lowest BCUT2D eigenvalue weighted by Crippen LogP contribution is -2.37. The maximum absolute atomic E-state index is 13.3. The van der Waals surface area contributed by atoms with E-state index in [0.29, 0.717) is 39.0 Å². The van der Waals surface area contributed by atoms with Gasteiger partial charge in [0.05, 0.1) is 0 Å². The second-order valence-corrected chi connectivity index (χ2v) is 5.76. The normalized spacial score (nSPS) is 15.4. The van der Waals surface area contributed by atoms with Crippen molar-refractivity contribution < 1.29 is 18.4 Å². The maximum Gasteiger partial charge on any atom is 0.254 e. The lowest BCUT2D eigenvalue weighted by Gasteiger charge is -2.22. The topological polar surface area (TPSA) is 40.6 Å². The predicted octanol–water partition coefficient (Wildman–Crippen LogP) is 2.83. The number of nitrogens with zero attached hydrogens (tertiary/aromatic N) is 2. The van der Waals surface area contributed by atoms with Crippen molar-refractivity contribution >= 4 is 11.8 Å². The highest BCUT2D eigenvalue weighted by molar-refractivity contribution is 5.94. The summed E-state index contributed by atoms with van der Waals surface area (Å²) >= 11 is 0. The average Bonchev–Trinajstić information content (AvgIpc) is 2.80. The number of halogens is 2. The molecule has 23 heavy (non-hydrogen) atoms. The summed E-state index contributed by atoms with van der Waals surface area (Å²) in [7, 11) is 0. The van der Waals surface area contributed by atoms with E-state index in [1.165, 1.54) is 6.07 Å². The van der Waals surface area contributed by atoms with E-state index >= 15 is 0 Å². The Balaban J connectivity index is 1.98. The number of hydrogen-bond acceptors (Lipinski definition) is 2. The van der Waals surface area contributed by atoms with Gasteiger partial charge in [-0.05, 0) is 31.0 Å². The molecule has 0 bridgehead atoms. The first-order valence-corrected chi connectivity index (χ1v) is 8.05. The van der Waals surface area contributed by atoms with Crippen LogP contribution in [0, 0.1) is 11.6 Å². The molecule has 0 aliphatic carbocycles. The Morgan fingerprint density at radius 3 is 2.43 bits per heavy atom. The summed E-state index contributed by atoms with van der Waals surface area (Å²) in [5, 5.41) is 0. The van der Waals surface area contributed by atoms with E-state index in [9.17, 15) is 18.4 Å². The first-order valence-electron chi connectivity index (χ1n) is 8.05. The summed E-state index contributed by atoms with van der Waals surface area (Å²) in [5.41, 5.74) is 0.134. The van der Waals surface area contributed by atoms with E-state index in [-0.39, 0.29) is 17.4 Å². The Labute approximate surface area is 135 Å². The minimum Gasteiger partial charge on any atom is -0.341 e. The van der Waals surface area contributed by atoms with Crippen molar-refractivity contribution in [3.63, 3.8) is 0 Å². The zero-order valence-corrected chi connectivity index (χ0v) is 13.4. The third-order valence-electron chi connectivity index (χ3n) is 4.05. The number of unbranched alkanes of at least 4 members (excludes halogenated alkanes) is 1. The highest BCUT2D eigenvalue weighted by atomic mass is 19.2. The molecule has 0 N–H and O–H groups in total. The molecule has 0 unspecified atom stereocenters. The van der Waals surface area contributed by atoms with Gasteiger partial charge < -0.3 is 9.80 Å². The van der Waals surface area contributed by atoms with Crippen molar-refractivity contribution in [3.05, 3.63) is 35.4 Å². The zero-order valence-electron chi connectivity index (χ0n) is 13.4. The van der Waals surface area contributed by atoms with Crippen LogP contribution in [0.5, 0.6) is 0 Å². The average molecular weight is 324 g/mol. The minimum absolute atomic E-state index is 0.119. The van der Waals surface area contributed by atoms with Gasteiger partial charge in [-0.25, -0.2) is 8.78 Å². The van der Waals surface area contributed by atoms with Crippen LogP contribution in [0.15, 0.2) is 18.2 Å². The van der Waals surface area contributed by atoms with Gasteiger partial charge >= 0.3 is 0 Å². The molecule has 2 amide bonds. The Bertz CT molecular complexity index is 578. The van der Waals surface area contributed by atoms with Gasteiger partial charge in [0.15, 0.2) is 11.6 Å². The Morgan fingerprint density at radius 2 is 1.74 bits per heavy atom. The van der Waals surface area contributed by atoms with Crippen LogP contribution >= 0.6 is 0 Å². The molecule has 126 valence electrons. The quantitative estimate of drug-likeness (QED) is 0.854. The summed E-state index contributed by atoms with van der Waals surface area (Å²) < 4.78 is 26.2. The van der Waals surface area contributed by atoms with E-state index in [0.717, 1.165) is 25.0 Å². The molecular weight excluding hydrogens is 302 g/mol. The third kappa shape index (κ3) is 4.50. The molecule has 6 heteroatoms. The molecule has 1 saturated heterocycles. The summed E-state index contributed by atoms with van der Waals surface area (Å²) in [4.78, 5) is 27.9. The number of carbonyl (C=O) groups is 2. The Kier molecular flexibility index (Phi) is 6.07. The standard InChI is InChI=1S/C17H22F2N2O2/c1-2-3-5-16(22)20-8-4-9-21(11-10-20)17(23)13-6-7-14(18)15(19)12-13/h6-7,12H,2-5,8-11H2,1H3. The second-order valence-electron chi connectivity index (χ2n) is 5.76. The monoisotopic (exact) mass is 324 g/mol. The van der Waals surface area contributed by atoms with Gasteiger partial charge in [-0.15, -0.1) is 0 Å². The smallest absolute Gasteiger partial charge is 0.254 e. The molecule has 2 rings (SSSR count). The van der Waals surface area contributed by atoms with E-state index in [1.807, 2.05) is 6.92 Å². The number of amides is 2. The van der Waals surface area contributed by atoms with E-state index < -0.39 is 11.6 Å². The highest BCUT2D eigenvalue weighted by Gasteiger charge is 2.23. The van der Waals surface area contributed by atoms with Gasteiger partial charge in [0.1, 0.15) is 0 Å². The van der Waals surface area contributed by atoms with Crippen molar-refractivity contribution in [3.8, 4) is 0 Å². The zero-order chi connectivity index (χ0) is 16.8. The predicted molar refractivity (Wildman–Crippen MR) is 83.0 cm³/mol. The summed E-state index contributed by atoms with van der Waals surface area (Å²) in [6.07, 6.45) is 3.06. The van der Waals surface area contributed by atoms with E-state index in [2.05, 4.69) is 0 Å². The molecule has 1 aromatic rings. The summed E-state index contributed by atoms with van der Waals surface area (Å²) in [6.45, 7) is 4.07. The van der Waals surface area contributed by atoms with Gasteiger partial charge in [0.25, 0.3) is 5.91 Å². The third-order valence-corrected chi connectivity index (χ3v) is 4.05. The van der Waals surface area contributed by atoms with E-state index in [1.54, 1.807) is 9.80 Å². The molecular formula is C17H22F2N2O2.